The average molecular weight is 198 g/mol. The Morgan fingerprint density at radius 1 is 1.43 bits per heavy atom. The average Bonchev–Trinajstić information content (AvgIpc) is 2.85. The lowest BCUT2D eigenvalue weighted by Gasteiger charge is -2.27. The van der Waals surface area contributed by atoms with Gasteiger partial charge in [-0.05, 0) is 18.9 Å². The summed E-state index contributed by atoms with van der Waals surface area (Å²) in [5.41, 5.74) is 0. The van der Waals surface area contributed by atoms with Gasteiger partial charge in [-0.3, -0.25) is 4.90 Å². The smallest absolute Gasteiger partial charge is 0.0710 e. The van der Waals surface area contributed by atoms with Crippen LogP contribution in [0.15, 0.2) is 0 Å². The minimum absolute atomic E-state index is 0.480. The van der Waals surface area contributed by atoms with E-state index in [9.17, 15) is 0 Å². The molecule has 0 aromatic carbocycles. The van der Waals surface area contributed by atoms with Crippen LogP contribution >= 0.6 is 0 Å². The van der Waals surface area contributed by atoms with Crippen molar-refractivity contribution < 1.29 is 4.74 Å². The van der Waals surface area contributed by atoms with Gasteiger partial charge in [0, 0.05) is 32.8 Å². The zero-order valence-corrected chi connectivity index (χ0v) is 9.33. The summed E-state index contributed by atoms with van der Waals surface area (Å²) in [4.78, 5) is 2.61. The van der Waals surface area contributed by atoms with Crippen LogP contribution in [0.25, 0.3) is 0 Å². The lowest BCUT2D eigenvalue weighted by molar-refractivity contribution is 0.0975. The number of hydrogen-bond acceptors (Lipinski definition) is 3. The Kier molecular flexibility index (Phi) is 3.42. The van der Waals surface area contributed by atoms with Crippen LogP contribution in [-0.4, -0.2) is 50.3 Å². The molecule has 2 saturated heterocycles. The number of nitrogens with one attached hydrogen (secondary N) is 1. The lowest BCUT2D eigenvalue weighted by atomic mass is 10.00. The Bertz CT molecular complexity index is 186. The maximum atomic E-state index is 5.41. The summed E-state index contributed by atoms with van der Waals surface area (Å²) >= 11 is 0. The van der Waals surface area contributed by atoms with Crippen molar-refractivity contribution in [1.29, 1.82) is 0 Å². The minimum atomic E-state index is 0.480. The summed E-state index contributed by atoms with van der Waals surface area (Å²) in [5, 5.41) is 3.50. The van der Waals surface area contributed by atoms with Gasteiger partial charge in [0.15, 0.2) is 0 Å². The molecule has 0 spiro atoms. The van der Waals surface area contributed by atoms with E-state index >= 15 is 0 Å². The van der Waals surface area contributed by atoms with E-state index in [1.54, 1.807) is 0 Å². The molecule has 0 bridgehead atoms. The van der Waals surface area contributed by atoms with E-state index in [2.05, 4.69) is 17.1 Å². The molecular weight excluding hydrogens is 176 g/mol. The third-order valence-corrected chi connectivity index (χ3v) is 3.81. The normalized spacial score (nSPS) is 39.4. The molecule has 1 N–H and O–H groups in total. The van der Waals surface area contributed by atoms with Gasteiger partial charge in [0.1, 0.15) is 0 Å². The predicted octanol–water partition coefficient (Wildman–Crippen LogP) is 0.705. The monoisotopic (exact) mass is 198 g/mol. The van der Waals surface area contributed by atoms with Crippen LogP contribution in [0, 0.1) is 5.92 Å². The topological polar surface area (TPSA) is 24.5 Å². The number of ether oxygens (including phenoxy) is 1. The molecule has 2 fully saturated rings. The van der Waals surface area contributed by atoms with Crippen LogP contribution in [0.3, 0.4) is 0 Å². The largest absolute Gasteiger partial charge is 0.380 e. The van der Waals surface area contributed by atoms with Gasteiger partial charge < -0.3 is 10.1 Å². The first-order valence-electron chi connectivity index (χ1n) is 5.82. The van der Waals surface area contributed by atoms with Crippen molar-refractivity contribution >= 4 is 0 Å². The van der Waals surface area contributed by atoms with Gasteiger partial charge in [-0.25, -0.2) is 0 Å². The summed E-state index contributed by atoms with van der Waals surface area (Å²) in [6, 6.07) is 0.764. The number of nitrogens with zero attached hydrogens (tertiary/aromatic N) is 1. The summed E-state index contributed by atoms with van der Waals surface area (Å²) in [6.07, 6.45) is 2.99. The maximum Gasteiger partial charge on any atom is 0.0710 e. The zero-order valence-electron chi connectivity index (χ0n) is 9.33. The number of likely N-dealkylation sites (tertiary alicyclic amines) is 1. The first-order valence-corrected chi connectivity index (χ1v) is 5.82. The molecule has 3 nitrogen and oxygen atoms in total. The second kappa shape index (κ2) is 4.60. The van der Waals surface area contributed by atoms with E-state index in [0.717, 1.165) is 18.5 Å². The molecule has 2 aliphatic rings. The highest BCUT2D eigenvalue weighted by Gasteiger charge is 2.34. The predicted molar refractivity (Wildman–Crippen MR) is 57.4 cm³/mol. The van der Waals surface area contributed by atoms with Crippen LogP contribution in [0.4, 0.5) is 0 Å². The molecule has 0 amide bonds. The quantitative estimate of drug-likeness (QED) is 0.722. The van der Waals surface area contributed by atoms with Gasteiger partial charge >= 0.3 is 0 Å². The summed E-state index contributed by atoms with van der Waals surface area (Å²) < 4.78 is 5.41. The van der Waals surface area contributed by atoms with Gasteiger partial charge in [-0.2, -0.15) is 0 Å². The summed E-state index contributed by atoms with van der Waals surface area (Å²) in [7, 11) is 1.83. The first kappa shape index (κ1) is 10.4. The van der Waals surface area contributed by atoms with Gasteiger partial charge in [0.25, 0.3) is 0 Å². The third kappa shape index (κ3) is 1.95. The molecule has 82 valence electrons. The highest BCUT2D eigenvalue weighted by molar-refractivity contribution is 4.91. The summed E-state index contributed by atoms with van der Waals surface area (Å²) in [6.45, 7) is 7.04. The van der Waals surface area contributed by atoms with E-state index in [-0.39, 0.29) is 0 Å². The molecule has 0 aromatic heterocycles. The third-order valence-electron chi connectivity index (χ3n) is 3.81. The molecule has 2 heterocycles. The molecule has 0 aliphatic carbocycles. The molecule has 2 rings (SSSR count). The van der Waals surface area contributed by atoms with Crippen molar-refractivity contribution in [3.05, 3.63) is 0 Å². The van der Waals surface area contributed by atoms with Gasteiger partial charge in [0.05, 0.1) is 6.10 Å². The number of hydrogen-bond donors (Lipinski definition) is 1. The van der Waals surface area contributed by atoms with E-state index in [4.69, 9.17) is 4.74 Å². The zero-order chi connectivity index (χ0) is 9.97. The minimum Gasteiger partial charge on any atom is -0.380 e. The molecule has 14 heavy (non-hydrogen) atoms. The van der Waals surface area contributed by atoms with E-state index in [1.165, 1.54) is 32.5 Å². The van der Waals surface area contributed by atoms with Crippen molar-refractivity contribution in [3.8, 4) is 0 Å². The van der Waals surface area contributed by atoms with Crippen molar-refractivity contribution in [2.75, 3.05) is 33.3 Å². The van der Waals surface area contributed by atoms with Crippen LogP contribution in [0.2, 0.25) is 0 Å². The Balaban J connectivity index is 1.89. The van der Waals surface area contributed by atoms with Crippen LogP contribution in [0.1, 0.15) is 19.8 Å². The molecule has 3 heteroatoms. The van der Waals surface area contributed by atoms with Crippen molar-refractivity contribution in [1.82, 2.24) is 10.2 Å². The molecule has 3 atom stereocenters. The van der Waals surface area contributed by atoms with Crippen LogP contribution in [-0.2, 0) is 4.74 Å². The Hall–Kier alpha value is -0.120. The van der Waals surface area contributed by atoms with Gasteiger partial charge in [-0.1, -0.05) is 13.3 Å². The molecule has 0 aromatic rings. The van der Waals surface area contributed by atoms with E-state index in [0.29, 0.717) is 6.10 Å². The van der Waals surface area contributed by atoms with Crippen molar-refractivity contribution in [3.63, 3.8) is 0 Å². The van der Waals surface area contributed by atoms with Crippen molar-refractivity contribution in [2.24, 2.45) is 5.92 Å². The fourth-order valence-electron chi connectivity index (χ4n) is 2.81. The first-order chi connectivity index (χ1) is 6.85. The van der Waals surface area contributed by atoms with Gasteiger partial charge in [-0.15, -0.1) is 0 Å². The summed E-state index contributed by atoms with van der Waals surface area (Å²) in [5.74, 6) is 0.852. The fraction of sp³-hybridized carbons (Fsp3) is 1.00. The Labute approximate surface area is 86.8 Å². The van der Waals surface area contributed by atoms with Crippen molar-refractivity contribution in [2.45, 2.75) is 31.9 Å². The molecule has 0 radical (unpaired) electrons. The number of rotatable bonds is 3. The van der Waals surface area contributed by atoms with E-state index in [1.807, 2.05) is 7.11 Å². The SMILES string of the molecule is CCC1CNCC1N1CCC(OC)C1. The molecular formula is C11H22N2O. The highest BCUT2D eigenvalue weighted by Crippen LogP contribution is 2.23. The molecule has 3 unspecified atom stereocenters. The highest BCUT2D eigenvalue weighted by atomic mass is 16.5. The van der Waals surface area contributed by atoms with Crippen LogP contribution in [0.5, 0.6) is 0 Å². The Morgan fingerprint density at radius 3 is 2.93 bits per heavy atom. The van der Waals surface area contributed by atoms with Gasteiger partial charge in [0.2, 0.25) is 0 Å². The second-order valence-corrected chi connectivity index (χ2v) is 4.54. The lowest BCUT2D eigenvalue weighted by Crippen LogP contribution is -2.39. The Morgan fingerprint density at radius 2 is 2.29 bits per heavy atom. The standard InChI is InChI=1S/C11H22N2O/c1-3-9-6-12-7-11(9)13-5-4-10(8-13)14-2/h9-12H,3-8H2,1-2H3. The molecule has 0 saturated carbocycles. The maximum absolute atomic E-state index is 5.41. The number of methoxy groups -OCH3 is 1. The second-order valence-electron chi connectivity index (χ2n) is 4.54. The van der Waals surface area contributed by atoms with E-state index < -0.39 is 0 Å². The fourth-order valence-corrected chi connectivity index (χ4v) is 2.81. The molecule has 2 aliphatic heterocycles. The van der Waals surface area contributed by atoms with Crippen LogP contribution < -0.4 is 5.32 Å².